The Morgan fingerprint density at radius 1 is 1.11 bits per heavy atom. The molecule has 4 rings (SSSR count). The van der Waals surface area contributed by atoms with Gasteiger partial charge in [-0.3, -0.25) is 4.68 Å². The van der Waals surface area contributed by atoms with Crippen LogP contribution in [0, 0.1) is 6.92 Å². The third-order valence-corrected chi connectivity index (χ3v) is 6.18. The lowest BCUT2D eigenvalue weighted by atomic mass is 10.1. The summed E-state index contributed by atoms with van der Waals surface area (Å²) in [4.78, 5) is 8.65. The summed E-state index contributed by atoms with van der Waals surface area (Å²) in [6.45, 7) is 3.48. The Balaban J connectivity index is 1.80. The maximum Gasteiger partial charge on any atom is 0.211 e. The Kier molecular flexibility index (Phi) is 4.53. The van der Waals surface area contributed by atoms with Gasteiger partial charge in [0.15, 0.2) is 5.82 Å². The minimum atomic E-state index is -3.27. The number of hydrogen-bond acceptors (Lipinski definition) is 5. The predicted molar refractivity (Wildman–Crippen MR) is 102 cm³/mol. The lowest BCUT2D eigenvalue weighted by molar-refractivity contribution is 0.388. The minimum absolute atomic E-state index is 0.301. The standard InChI is InChI=1S/C19H21N5O2S/c1-14-6-3-4-7-15(14)12-24-17-8-11-23(27(2,25)26)13-16(17)18(22-24)19-20-9-5-10-21-19/h3-7,9-10H,8,11-13H2,1-2H3. The second-order valence-electron chi connectivity index (χ2n) is 6.78. The summed E-state index contributed by atoms with van der Waals surface area (Å²) >= 11 is 0. The van der Waals surface area contributed by atoms with Crippen LogP contribution in [0.2, 0.25) is 0 Å². The van der Waals surface area contributed by atoms with Gasteiger partial charge in [0.05, 0.1) is 12.8 Å². The quantitative estimate of drug-likeness (QED) is 0.688. The lowest BCUT2D eigenvalue weighted by Crippen LogP contribution is -2.35. The molecular formula is C19H21N5O2S. The molecule has 1 aromatic carbocycles. The Morgan fingerprint density at radius 3 is 2.56 bits per heavy atom. The first kappa shape index (κ1) is 17.8. The third kappa shape index (κ3) is 3.50. The van der Waals surface area contributed by atoms with Crippen LogP contribution in [0.4, 0.5) is 0 Å². The molecule has 8 heteroatoms. The third-order valence-electron chi connectivity index (χ3n) is 4.93. The number of fused-ring (bicyclic) bond motifs is 1. The van der Waals surface area contributed by atoms with Crippen molar-refractivity contribution >= 4 is 10.0 Å². The van der Waals surface area contributed by atoms with Crippen LogP contribution in [0.5, 0.6) is 0 Å². The summed E-state index contributed by atoms with van der Waals surface area (Å²) in [5, 5.41) is 4.79. The zero-order valence-corrected chi connectivity index (χ0v) is 16.1. The molecule has 0 saturated carbocycles. The van der Waals surface area contributed by atoms with Gasteiger partial charge in [-0.15, -0.1) is 0 Å². The summed E-state index contributed by atoms with van der Waals surface area (Å²) in [5.74, 6) is 0.521. The molecule has 0 unspecified atom stereocenters. The largest absolute Gasteiger partial charge is 0.264 e. The van der Waals surface area contributed by atoms with E-state index in [4.69, 9.17) is 5.10 Å². The van der Waals surface area contributed by atoms with E-state index >= 15 is 0 Å². The molecule has 0 aliphatic carbocycles. The van der Waals surface area contributed by atoms with E-state index < -0.39 is 10.0 Å². The van der Waals surface area contributed by atoms with Gasteiger partial charge in [-0.2, -0.15) is 9.40 Å². The highest BCUT2D eigenvalue weighted by Gasteiger charge is 2.30. The van der Waals surface area contributed by atoms with Crippen molar-refractivity contribution < 1.29 is 8.42 Å². The van der Waals surface area contributed by atoms with Crippen LogP contribution < -0.4 is 0 Å². The summed E-state index contributed by atoms with van der Waals surface area (Å²) < 4.78 is 27.6. The first-order valence-corrected chi connectivity index (χ1v) is 10.6. The molecule has 0 radical (unpaired) electrons. The molecule has 0 bridgehead atoms. The van der Waals surface area contributed by atoms with E-state index in [0.717, 1.165) is 11.3 Å². The van der Waals surface area contributed by atoms with Crippen molar-refractivity contribution in [2.75, 3.05) is 12.8 Å². The molecule has 3 aromatic rings. The Morgan fingerprint density at radius 2 is 1.85 bits per heavy atom. The number of aromatic nitrogens is 4. The van der Waals surface area contributed by atoms with Gasteiger partial charge in [0.1, 0.15) is 5.69 Å². The second-order valence-corrected chi connectivity index (χ2v) is 8.76. The fraction of sp³-hybridized carbons (Fsp3) is 0.316. The molecule has 1 aliphatic rings. The molecule has 2 aromatic heterocycles. The van der Waals surface area contributed by atoms with Gasteiger partial charge in [-0.25, -0.2) is 18.4 Å². The first-order valence-electron chi connectivity index (χ1n) is 8.79. The molecular weight excluding hydrogens is 362 g/mol. The number of hydrogen-bond donors (Lipinski definition) is 0. The van der Waals surface area contributed by atoms with E-state index in [1.807, 2.05) is 16.8 Å². The smallest absolute Gasteiger partial charge is 0.211 e. The van der Waals surface area contributed by atoms with Crippen LogP contribution in [0.1, 0.15) is 22.4 Å². The van der Waals surface area contributed by atoms with Crippen molar-refractivity contribution in [3.8, 4) is 11.5 Å². The zero-order chi connectivity index (χ0) is 19.0. The Labute approximate surface area is 158 Å². The number of nitrogens with zero attached hydrogens (tertiary/aromatic N) is 5. The molecule has 0 N–H and O–H groups in total. The molecule has 0 spiro atoms. The van der Waals surface area contributed by atoms with E-state index in [2.05, 4.69) is 29.0 Å². The topological polar surface area (TPSA) is 81.0 Å². The Bertz CT molecular complexity index is 1080. The zero-order valence-electron chi connectivity index (χ0n) is 15.3. The molecule has 1 aliphatic heterocycles. The van der Waals surface area contributed by atoms with Crippen LogP contribution in [0.25, 0.3) is 11.5 Å². The second kappa shape index (κ2) is 6.86. The fourth-order valence-electron chi connectivity index (χ4n) is 3.43. The van der Waals surface area contributed by atoms with Crippen LogP contribution in [-0.2, 0) is 29.5 Å². The normalized spacial score (nSPS) is 14.9. The molecule has 0 amide bonds. The highest BCUT2D eigenvalue weighted by molar-refractivity contribution is 7.88. The van der Waals surface area contributed by atoms with Crippen LogP contribution >= 0.6 is 0 Å². The number of rotatable bonds is 4. The number of sulfonamides is 1. The molecule has 0 atom stereocenters. The van der Waals surface area contributed by atoms with Gasteiger partial charge >= 0.3 is 0 Å². The Hall–Kier alpha value is -2.58. The van der Waals surface area contributed by atoms with Crippen LogP contribution in [0.15, 0.2) is 42.7 Å². The average molecular weight is 383 g/mol. The van der Waals surface area contributed by atoms with Gasteiger partial charge < -0.3 is 0 Å². The van der Waals surface area contributed by atoms with Gasteiger partial charge in [-0.05, 0) is 24.1 Å². The van der Waals surface area contributed by atoms with Gasteiger partial charge in [0, 0.05) is 43.2 Å². The van der Waals surface area contributed by atoms with Crippen molar-refractivity contribution in [3.05, 3.63) is 65.1 Å². The van der Waals surface area contributed by atoms with E-state index in [9.17, 15) is 8.42 Å². The highest BCUT2D eigenvalue weighted by atomic mass is 32.2. The van der Waals surface area contributed by atoms with Crippen LogP contribution in [0.3, 0.4) is 0 Å². The van der Waals surface area contributed by atoms with Crippen molar-refractivity contribution in [1.82, 2.24) is 24.1 Å². The van der Waals surface area contributed by atoms with Gasteiger partial charge in [0.25, 0.3) is 0 Å². The van der Waals surface area contributed by atoms with Crippen molar-refractivity contribution in [3.63, 3.8) is 0 Å². The summed E-state index contributed by atoms with van der Waals surface area (Å²) in [7, 11) is -3.27. The highest BCUT2D eigenvalue weighted by Crippen LogP contribution is 2.29. The van der Waals surface area contributed by atoms with Gasteiger partial charge in [0.2, 0.25) is 10.0 Å². The summed E-state index contributed by atoms with van der Waals surface area (Å²) in [6, 6.07) is 9.96. The van der Waals surface area contributed by atoms with E-state index in [0.29, 0.717) is 37.6 Å². The van der Waals surface area contributed by atoms with Crippen molar-refractivity contribution in [1.29, 1.82) is 0 Å². The van der Waals surface area contributed by atoms with Crippen LogP contribution in [-0.4, -0.2) is 45.3 Å². The molecule has 27 heavy (non-hydrogen) atoms. The first-order chi connectivity index (χ1) is 12.9. The lowest BCUT2D eigenvalue weighted by Gasteiger charge is -2.25. The molecule has 0 saturated heterocycles. The minimum Gasteiger partial charge on any atom is -0.264 e. The molecule has 7 nitrogen and oxygen atoms in total. The SMILES string of the molecule is Cc1ccccc1Cn1nc(-c2ncccn2)c2c1CCN(S(C)(=O)=O)C2. The molecule has 140 valence electrons. The fourth-order valence-corrected chi connectivity index (χ4v) is 4.22. The maximum atomic E-state index is 12.1. The average Bonchev–Trinajstić information content (AvgIpc) is 3.01. The number of benzene rings is 1. The maximum absolute atomic E-state index is 12.1. The van der Waals surface area contributed by atoms with Crippen molar-refractivity contribution in [2.45, 2.75) is 26.4 Å². The van der Waals surface area contributed by atoms with Crippen molar-refractivity contribution in [2.24, 2.45) is 0 Å². The predicted octanol–water partition coefficient (Wildman–Crippen LogP) is 2.01. The van der Waals surface area contributed by atoms with E-state index in [1.54, 1.807) is 18.5 Å². The summed E-state index contributed by atoms with van der Waals surface area (Å²) in [6.07, 6.45) is 5.21. The molecule has 3 heterocycles. The monoisotopic (exact) mass is 383 g/mol. The van der Waals surface area contributed by atoms with E-state index in [-0.39, 0.29) is 0 Å². The summed E-state index contributed by atoms with van der Waals surface area (Å²) in [5.41, 5.74) is 5.00. The molecule has 0 fully saturated rings. The van der Waals surface area contributed by atoms with E-state index in [1.165, 1.54) is 21.7 Å². The van der Waals surface area contributed by atoms with Gasteiger partial charge in [-0.1, -0.05) is 24.3 Å². The number of aryl methyl sites for hydroxylation is 1.